The molecule has 0 radical (unpaired) electrons. The molecule has 0 saturated carbocycles. The minimum Gasteiger partial charge on any atom is -0.497 e. The summed E-state index contributed by atoms with van der Waals surface area (Å²) in [5.41, 5.74) is 0.200. The molecule has 2 aromatic rings. The van der Waals surface area contributed by atoms with Crippen LogP contribution >= 0.6 is 0 Å². The first-order chi connectivity index (χ1) is 14.1. The van der Waals surface area contributed by atoms with Gasteiger partial charge in [0.25, 0.3) is 10.0 Å². The summed E-state index contributed by atoms with van der Waals surface area (Å²) in [7, 11) is -2.80. The van der Waals surface area contributed by atoms with Crippen molar-refractivity contribution in [2.24, 2.45) is 5.92 Å². The van der Waals surface area contributed by atoms with Crippen LogP contribution in [0.25, 0.3) is 0 Å². The van der Waals surface area contributed by atoms with Gasteiger partial charge >= 0.3 is 5.97 Å². The molecular weight excluding hydrogens is 408 g/mol. The molecule has 2 N–H and O–H groups in total. The number of carboxylic acids is 1. The number of anilines is 1. The number of sulfonamides is 1. The Morgan fingerprint density at radius 3 is 2.27 bits per heavy atom. The molecule has 0 aromatic heterocycles. The molecule has 1 amide bonds. The summed E-state index contributed by atoms with van der Waals surface area (Å²) in [6.07, 6.45) is 0. The van der Waals surface area contributed by atoms with Gasteiger partial charge < -0.3 is 15.2 Å². The lowest BCUT2D eigenvalue weighted by molar-refractivity contribution is -0.133. The van der Waals surface area contributed by atoms with Crippen LogP contribution in [0.15, 0.2) is 65.7 Å². The standard InChI is InChI=1S/C21H24N2O6S/c1-14(2)20(24)22-19-8-6-5-7-16(19)13-23(15(3)21(25)26)30(27,28)18-11-9-17(29-4)10-12-18/h5-12,14H,3,13H2,1-2,4H3,(H,22,24)(H,25,26). The largest absolute Gasteiger partial charge is 0.497 e. The number of methoxy groups -OCH3 is 1. The molecule has 0 unspecified atom stereocenters. The van der Waals surface area contributed by atoms with Gasteiger partial charge in [-0.05, 0) is 35.9 Å². The van der Waals surface area contributed by atoms with E-state index in [1.54, 1.807) is 38.1 Å². The van der Waals surface area contributed by atoms with Crippen LogP contribution in [0, 0.1) is 5.92 Å². The molecule has 160 valence electrons. The fraction of sp³-hybridized carbons (Fsp3) is 0.238. The van der Waals surface area contributed by atoms with Crippen molar-refractivity contribution in [3.8, 4) is 5.75 Å². The number of benzene rings is 2. The zero-order valence-corrected chi connectivity index (χ0v) is 17.8. The van der Waals surface area contributed by atoms with E-state index in [4.69, 9.17) is 4.74 Å². The Kier molecular flexibility index (Phi) is 7.23. The zero-order valence-electron chi connectivity index (χ0n) is 17.0. The van der Waals surface area contributed by atoms with Crippen molar-refractivity contribution in [1.82, 2.24) is 4.31 Å². The third-order valence-corrected chi connectivity index (χ3v) is 6.11. The van der Waals surface area contributed by atoms with Crippen molar-refractivity contribution in [2.75, 3.05) is 12.4 Å². The number of nitrogens with one attached hydrogen (secondary N) is 1. The summed E-state index contributed by atoms with van der Waals surface area (Å²) >= 11 is 0. The first-order valence-electron chi connectivity index (χ1n) is 9.05. The number of hydrogen-bond acceptors (Lipinski definition) is 5. The van der Waals surface area contributed by atoms with Crippen molar-refractivity contribution in [2.45, 2.75) is 25.3 Å². The Labute approximate surface area is 175 Å². The highest BCUT2D eigenvalue weighted by Crippen LogP contribution is 2.27. The Balaban J connectivity index is 2.48. The summed E-state index contributed by atoms with van der Waals surface area (Å²) in [6, 6.07) is 12.2. The summed E-state index contributed by atoms with van der Waals surface area (Å²) < 4.78 is 32.1. The van der Waals surface area contributed by atoms with E-state index in [2.05, 4.69) is 11.9 Å². The summed E-state index contributed by atoms with van der Waals surface area (Å²) in [5, 5.41) is 12.2. The molecule has 0 aliphatic carbocycles. The molecule has 30 heavy (non-hydrogen) atoms. The number of carboxylic acid groups (broad SMARTS) is 1. The predicted molar refractivity (Wildman–Crippen MR) is 112 cm³/mol. The number of hydrogen-bond donors (Lipinski definition) is 2. The second-order valence-corrected chi connectivity index (χ2v) is 8.60. The highest BCUT2D eigenvalue weighted by atomic mass is 32.2. The molecule has 0 saturated heterocycles. The number of nitrogens with zero attached hydrogens (tertiary/aromatic N) is 1. The monoisotopic (exact) mass is 432 g/mol. The lowest BCUT2D eigenvalue weighted by Gasteiger charge is -2.25. The molecule has 2 aromatic carbocycles. The van der Waals surface area contributed by atoms with Crippen LogP contribution in [-0.4, -0.2) is 36.8 Å². The fourth-order valence-corrected chi connectivity index (χ4v) is 3.93. The van der Waals surface area contributed by atoms with Gasteiger partial charge in [0.05, 0.1) is 18.6 Å². The smallest absolute Gasteiger partial charge is 0.352 e. The Bertz CT molecular complexity index is 1050. The maximum Gasteiger partial charge on any atom is 0.352 e. The van der Waals surface area contributed by atoms with E-state index < -0.39 is 21.7 Å². The summed E-state index contributed by atoms with van der Waals surface area (Å²) in [4.78, 5) is 23.6. The van der Waals surface area contributed by atoms with Crippen molar-refractivity contribution in [3.05, 3.63) is 66.4 Å². The minimum atomic E-state index is -4.25. The third-order valence-electron chi connectivity index (χ3n) is 4.31. The fourth-order valence-electron chi connectivity index (χ4n) is 2.52. The number of carbonyl (C=O) groups excluding carboxylic acids is 1. The maximum absolute atomic E-state index is 13.2. The molecule has 2 rings (SSSR count). The average Bonchev–Trinajstić information content (AvgIpc) is 2.72. The number of carbonyl (C=O) groups is 2. The molecule has 0 bridgehead atoms. The van der Waals surface area contributed by atoms with Gasteiger partial charge in [-0.1, -0.05) is 38.6 Å². The molecule has 8 nitrogen and oxygen atoms in total. The van der Waals surface area contributed by atoms with Crippen LogP contribution in [0.3, 0.4) is 0 Å². The van der Waals surface area contributed by atoms with Gasteiger partial charge in [0, 0.05) is 11.6 Å². The van der Waals surface area contributed by atoms with E-state index in [1.165, 1.54) is 31.4 Å². The van der Waals surface area contributed by atoms with Crippen LogP contribution in [0.2, 0.25) is 0 Å². The van der Waals surface area contributed by atoms with Gasteiger partial charge in [0.2, 0.25) is 5.91 Å². The first kappa shape index (κ1) is 23.0. The second kappa shape index (κ2) is 9.45. The number of amides is 1. The van der Waals surface area contributed by atoms with Crippen molar-refractivity contribution >= 4 is 27.6 Å². The SMILES string of the molecule is C=C(C(=O)O)N(Cc1ccccc1NC(=O)C(C)C)S(=O)(=O)c1ccc(OC)cc1. The molecule has 0 aliphatic heterocycles. The Hall–Kier alpha value is -3.33. The molecule has 0 aliphatic rings. The van der Waals surface area contributed by atoms with E-state index in [0.29, 0.717) is 21.3 Å². The van der Waals surface area contributed by atoms with Gasteiger partial charge in [-0.15, -0.1) is 0 Å². The normalized spacial score (nSPS) is 11.1. The second-order valence-electron chi connectivity index (χ2n) is 6.74. The first-order valence-corrected chi connectivity index (χ1v) is 10.5. The van der Waals surface area contributed by atoms with Crippen molar-refractivity contribution in [1.29, 1.82) is 0 Å². The number of rotatable bonds is 9. The molecular formula is C21H24N2O6S. The quantitative estimate of drug-likeness (QED) is 0.589. The van der Waals surface area contributed by atoms with E-state index >= 15 is 0 Å². The van der Waals surface area contributed by atoms with Crippen LogP contribution in [0.4, 0.5) is 5.69 Å². The summed E-state index contributed by atoms with van der Waals surface area (Å²) in [6.45, 7) is 6.56. The van der Waals surface area contributed by atoms with E-state index in [1.807, 2.05) is 0 Å². The van der Waals surface area contributed by atoms with Gasteiger partial charge in [0.1, 0.15) is 11.4 Å². The van der Waals surface area contributed by atoms with Crippen molar-refractivity contribution < 1.29 is 27.9 Å². The minimum absolute atomic E-state index is 0.116. The average molecular weight is 432 g/mol. The summed E-state index contributed by atoms with van der Waals surface area (Å²) in [5.74, 6) is -1.55. The van der Waals surface area contributed by atoms with E-state index in [-0.39, 0.29) is 23.3 Å². The number of ether oxygens (including phenoxy) is 1. The number of para-hydroxylation sites is 1. The van der Waals surface area contributed by atoms with Crippen LogP contribution in [0.1, 0.15) is 19.4 Å². The van der Waals surface area contributed by atoms with Crippen molar-refractivity contribution in [3.63, 3.8) is 0 Å². The van der Waals surface area contributed by atoms with E-state index in [0.717, 1.165) is 0 Å². The highest BCUT2D eigenvalue weighted by Gasteiger charge is 2.30. The van der Waals surface area contributed by atoms with Crippen LogP contribution in [-0.2, 0) is 26.2 Å². The van der Waals surface area contributed by atoms with Crippen LogP contribution < -0.4 is 10.1 Å². The molecule has 0 spiro atoms. The number of aliphatic carboxylic acids is 1. The Morgan fingerprint density at radius 1 is 1.13 bits per heavy atom. The van der Waals surface area contributed by atoms with Crippen LogP contribution in [0.5, 0.6) is 5.75 Å². The lowest BCUT2D eigenvalue weighted by atomic mass is 10.1. The predicted octanol–water partition coefficient (Wildman–Crippen LogP) is 3.08. The molecule has 0 heterocycles. The van der Waals surface area contributed by atoms with E-state index in [9.17, 15) is 23.1 Å². The van der Waals surface area contributed by atoms with Gasteiger partial charge in [-0.2, -0.15) is 0 Å². The molecule has 0 atom stereocenters. The molecule has 9 heteroatoms. The third kappa shape index (κ3) is 5.18. The Morgan fingerprint density at radius 2 is 1.73 bits per heavy atom. The van der Waals surface area contributed by atoms with Gasteiger partial charge in [-0.3, -0.25) is 9.10 Å². The van der Waals surface area contributed by atoms with Gasteiger partial charge in [0.15, 0.2) is 0 Å². The highest BCUT2D eigenvalue weighted by molar-refractivity contribution is 7.89. The zero-order chi connectivity index (χ0) is 22.5. The topological polar surface area (TPSA) is 113 Å². The lowest BCUT2D eigenvalue weighted by Crippen LogP contribution is -2.33. The maximum atomic E-state index is 13.2. The molecule has 0 fully saturated rings. The van der Waals surface area contributed by atoms with Gasteiger partial charge in [-0.25, -0.2) is 13.2 Å².